The molecule has 2 rings (SSSR count). The van der Waals surface area contributed by atoms with Crippen LogP contribution >= 0.6 is 0 Å². The molecule has 0 aliphatic carbocycles. The monoisotopic (exact) mass is 342 g/mol. The fourth-order valence-corrected chi connectivity index (χ4v) is 2.02. The van der Waals surface area contributed by atoms with E-state index in [0.717, 1.165) is 32.5 Å². The highest BCUT2D eigenvalue weighted by molar-refractivity contribution is 5.68. The molecule has 1 saturated heterocycles. The number of aryl methyl sites for hydroxylation is 1. The van der Waals surface area contributed by atoms with Gasteiger partial charge in [0.1, 0.15) is 18.0 Å². The molecule has 9 heteroatoms. The summed E-state index contributed by atoms with van der Waals surface area (Å²) in [5.74, 6) is 0. The van der Waals surface area contributed by atoms with Crippen LogP contribution in [0.5, 0.6) is 0 Å². The molecule has 1 aromatic rings. The van der Waals surface area contributed by atoms with E-state index in [-0.39, 0.29) is 17.8 Å². The quantitative estimate of drug-likeness (QED) is 0.653. The number of hydrogen-bond acceptors (Lipinski definition) is 6. The molecule has 0 bridgehead atoms. The van der Waals surface area contributed by atoms with Crippen LogP contribution in [0.3, 0.4) is 0 Å². The largest absolute Gasteiger partial charge is 0.444 e. The Morgan fingerprint density at radius 2 is 2.17 bits per heavy atom. The second kappa shape index (κ2) is 9.21. The van der Waals surface area contributed by atoms with E-state index in [9.17, 15) is 14.9 Å². The number of rotatable bonds is 2. The zero-order valence-corrected chi connectivity index (χ0v) is 14.7. The van der Waals surface area contributed by atoms with Crippen LogP contribution in [0.2, 0.25) is 0 Å². The first-order valence-electron chi connectivity index (χ1n) is 7.87. The van der Waals surface area contributed by atoms with Gasteiger partial charge in [0.05, 0.1) is 4.92 Å². The summed E-state index contributed by atoms with van der Waals surface area (Å²) < 4.78 is 11.9. The van der Waals surface area contributed by atoms with Crippen molar-refractivity contribution in [1.82, 2.24) is 15.1 Å². The van der Waals surface area contributed by atoms with Gasteiger partial charge in [0, 0.05) is 26.3 Å². The summed E-state index contributed by atoms with van der Waals surface area (Å²) in [6.45, 7) is 7.11. The van der Waals surface area contributed by atoms with Gasteiger partial charge in [-0.2, -0.15) is 5.10 Å². The maximum Gasteiger partial charge on any atom is 0.407 e. The first kappa shape index (κ1) is 19.9. The van der Waals surface area contributed by atoms with Gasteiger partial charge in [0.15, 0.2) is 0 Å². The van der Waals surface area contributed by atoms with Crippen LogP contribution in [0.4, 0.5) is 10.5 Å². The molecular formula is C15H26N4O5. The van der Waals surface area contributed by atoms with Crippen molar-refractivity contribution >= 4 is 11.8 Å². The predicted molar refractivity (Wildman–Crippen MR) is 87.7 cm³/mol. The molecular weight excluding hydrogens is 316 g/mol. The number of hydrogen-bond donors (Lipinski definition) is 1. The molecule has 1 amide bonds. The standard InChI is InChI=1S/C11H21NO3.C4H5N3O2/c1-11(2,3)15-10(13)12-9-5-4-7-14-8-6-9;1-6-3-4(2-5-6)7(8)9/h9H,4-8H2,1-3H3,(H,12,13);2-3H,1H3. The second-order valence-electron chi connectivity index (χ2n) is 6.52. The lowest BCUT2D eigenvalue weighted by Crippen LogP contribution is -2.39. The van der Waals surface area contributed by atoms with Gasteiger partial charge in [-0.1, -0.05) is 0 Å². The third kappa shape index (κ3) is 8.47. The fourth-order valence-electron chi connectivity index (χ4n) is 2.02. The molecule has 1 aliphatic heterocycles. The zero-order chi connectivity index (χ0) is 18.2. The SMILES string of the molecule is CC(C)(C)OC(=O)NC1CCCOCC1.Cn1cc([N+](=O)[O-])cn1. The van der Waals surface area contributed by atoms with Crippen molar-refractivity contribution in [3.8, 4) is 0 Å². The fraction of sp³-hybridized carbons (Fsp3) is 0.733. The van der Waals surface area contributed by atoms with E-state index in [2.05, 4.69) is 10.4 Å². The molecule has 9 nitrogen and oxygen atoms in total. The minimum atomic E-state index is -0.479. The number of amides is 1. The highest BCUT2D eigenvalue weighted by Crippen LogP contribution is 2.11. The van der Waals surface area contributed by atoms with Gasteiger partial charge in [0.25, 0.3) is 0 Å². The van der Waals surface area contributed by atoms with Crippen molar-refractivity contribution in [2.24, 2.45) is 7.05 Å². The van der Waals surface area contributed by atoms with E-state index < -0.39 is 10.5 Å². The summed E-state index contributed by atoms with van der Waals surface area (Å²) in [4.78, 5) is 21.0. The first-order chi connectivity index (χ1) is 11.2. The van der Waals surface area contributed by atoms with E-state index >= 15 is 0 Å². The summed E-state index contributed by atoms with van der Waals surface area (Å²) in [5.41, 5.74) is -0.400. The molecule has 1 unspecified atom stereocenters. The molecule has 24 heavy (non-hydrogen) atoms. The van der Waals surface area contributed by atoms with Crippen molar-refractivity contribution in [3.63, 3.8) is 0 Å². The summed E-state index contributed by atoms with van der Waals surface area (Å²) in [5, 5.41) is 16.5. The van der Waals surface area contributed by atoms with Crippen LogP contribution in [-0.2, 0) is 16.5 Å². The van der Waals surface area contributed by atoms with Crippen molar-refractivity contribution in [2.45, 2.75) is 51.7 Å². The van der Waals surface area contributed by atoms with Gasteiger partial charge in [-0.25, -0.2) is 4.79 Å². The molecule has 1 fully saturated rings. The Bertz CT molecular complexity index is 530. The maximum absolute atomic E-state index is 11.5. The molecule has 136 valence electrons. The van der Waals surface area contributed by atoms with Gasteiger partial charge in [-0.3, -0.25) is 14.8 Å². The Balaban J connectivity index is 0.000000272. The summed E-state index contributed by atoms with van der Waals surface area (Å²) in [6, 6.07) is 0.197. The molecule has 1 N–H and O–H groups in total. The first-order valence-corrected chi connectivity index (χ1v) is 7.87. The number of nitro groups is 1. The van der Waals surface area contributed by atoms with Crippen molar-refractivity contribution in [2.75, 3.05) is 13.2 Å². The summed E-state index contributed by atoms with van der Waals surface area (Å²) in [6.07, 6.45) is 5.08. The predicted octanol–water partition coefficient (Wildman–Crippen LogP) is 2.41. The van der Waals surface area contributed by atoms with E-state index in [0.29, 0.717) is 0 Å². The lowest BCUT2D eigenvalue weighted by Gasteiger charge is -2.22. The molecule has 0 aromatic carbocycles. The second-order valence-corrected chi connectivity index (χ2v) is 6.52. The van der Waals surface area contributed by atoms with E-state index in [1.165, 1.54) is 17.1 Å². The molecule has 0 radical (unpaired) electrons. The zero-order valence-electron chi connectivity index (χ0n) is 14.7. The smallest absolute Gasteiger partial charge is 0.407 e. The van der Waals surface area contributed by atoms with Gasteiger partial charge in [0.2, 0.25) is 0 Å². The third-order valence-electron chi connectivity index (χ3n) is 3.07. The number of nitrogens with zero attached hydrogens (tertiary/aromatic N) is 3. The van der Waals surface area contributed by atoms with Crippen LogP contribution in [0, 0.1) is 10.1 Å². The van der Waals surface area contributed by atoms with Crippen LogP contribution < -0.4 is 5.32 Å². The maximum atomic E-state index is 11.5. The van der Waals surface area contributed by atoms with Crippen molar-refractivity contribution < 1.29 is 19.2 Å². The molecule has 1 aromatic heterocycles. The Labute approximate surface area is 141 Å². The minimum absolute atomic E-state index is 0.0255. The van der Waals surface area contributed by atoms with Gasteiger partial charge < -0.3 is 14.8 Å². The normalized spacial score (nSPS) is 17.9. The highest BCUT2D eigenvalue weighted by Gasteiger charge is 2.20. The number of aromatic nitrogens is 2. The molecule has 1 atom stereocenters. The van der Waals surface area contributed by atoms with Crippen LogP contribution in [0.15, 0.2) is 12.4 Å². The van der Waals surface area contributed by atoms with E-state index in [1.54, 1.807) is 7.05 Å². The number of alkyl carbamates (subject to hydrolysis) is 1. The Morgan fingerprint density at radius 1 is 1.46 bits per heavy atom. The molecule has 2 heterocycles. The van der Waals surface area contributed by atoms with E-state index in [4.69, 9.17) is 9.47 Å². The van der Waals surface area contributed by atoms with Crippen molar-refractivity contribution in [3.05, 3.63) is 22.5 Å². The average molecular weight is 342 g/mol. The Morgan fingerprint density at radius 3 is 2.67 bits per heavy atom. The lowest BCUT2D eigenvalue weighted by molar-refractivity contribution is -0.384. The number of ether oxygens (including phenoxy) is 2. The Hall–Kier alpha value is -2.16. The Kier molecular flexibility index (Phi) is 7.63. The minimum Gasteiger partial charge on any atom is -0.444 e. The van der Waals surface area contributed by atoms with E-state index in [1.807, 2.05) is 20.8 Å². The van der Waals surface area contributed by atoms with Crippen LogP contribution in [-0.4, -0.2) is 45.7 Å². The molecule has 1 aliphatic rings. The topological polar surface area (TPSA) is 109 Å². The lowest BCUT2D eigenvalue weighted by atomic mass is 10.1. The van der Waals surface area contributed by atoms with Crippen LogP contribution in [0.25, 0.3) is 0 Å². The van der Waals surface area contributed by atoms with Crippen LogP contribution in [0.1, 0.15) is 40.0 Å². The van der Waals surface area contributed by atoms with Gasteiger partial charge in [-0.05, 0) is 40.0 Å². The number of carbonyl (C=O) groups is 1. The third-order valence-corrected chi connectivity index (χ3v) is 3.07. The number of carbonyl (C=O) groups excluding carboxylic acids is 1. The summed E-state index contributed by atoms with van der Waals surface area (Å²) in [7, 11) is 1.63. The van der Waals surface area contributed by atoms with Crippen molar-refractivity contribution in [1.29, 1.82) is 0 Å². The average Bonchev–Trinajstić information content (AvgIpc) is 2.72. The highest BCUT2D eigenvalue weighted by atomic mass is 16.6. The van der Waals surface area contributed by atoms with Gasteiger partial charge in [-0.15, -0.1) is 0 Å². The molecule has 0 saturated carbocycles. The van der Waals surface area contributed by atoms with Gasteiger partial charge >= 0.3 is 11.8 Å². The number of nitrogens with one attached hydrogen (secondary N) is 1. The molecule has 0 spiro atoms. The summed E-state index contributed by atoms with van der Waals surface area (Å²) >= 11 is 0.